The van der Waals surface area contributed by atoms with Crippen LogP contribution >= 0.6 is 0 Å². The lowest BCUT2D eigenvalue weighted by atomic mass is 10.00. The molecule has 12 rings (SSSR count). The molecular formula is C50H30N2O. The Balaban J connectivity index is 1.10. The van der Waals surface area contributed by atoms with Gasteiger partial charge in [0.2, 0.25) is 0 Å². The van der Waals surface area contributed by atoms with E-state index in [2.05, 4.69) is 185 Å². The second kappa shape index (κ2) is 10.7. The SMILES string of the molecule is c1ccc2c(-n3c4ccc(-c5ccc6c(c5)c5ccccc5n6-c5cccc6c5oc5ccccc56)cc4c4ccc5ccccc5c43)cccc2c1. The highest BCUT2D eigenvalue weighted by molar-refractivity contribution is 6.20. The van der Waals surface area contributed by atoms with E-state index in [0.29, 0.717) is 0 Å². The van der Waals surface area contributed by atoms with E-state index >= 15 is 0 Å². The Morgan fingerprint density at radius 3 is 1.72 bits per heavy atom. The highest BCUT2D eigenvalue weighted by atomic mass is 16.3. The monoisotopic (exact) mass is 674 g/mol. The van der Waals surface area contributed by atoms with E-state index in [9.17, 15) is 0 Å². The van der Waals surface area contributed by atoms with Gasteiger partial charge in [-0.2, -0.15) is 0 Å². The fourth-order valence-corrected chi connectivity index (χ4v) is 8.93. The van der Waals surface area contributed by atoms with E-state index in [1.54, 1.807) is 0 Å². The van der Waals surface area contributed by atoms with Crippen molar-refractivity contribution in [3.8, 4) is 22.5 Å². The summed E-state index contributed by atoms with van der Waals surface area (Å²) in [5.41, 5.74) is 11.2. The molecule has 3 aromatic heterocycles. The molecule has 0 aliphatic heterocycles. The van der Waals surface area contributed by atoms with Crippen molar-refractivity contribution in [3.63, 3.8) is 0 Å². The van der Waals surface area contributed by atoms with Gasteiger partial charge in [-0.1, -0.05) is 133 Å². The van der Waals surface area contributed by atoms with E-state index in [1.807, 2.05) is 6.07 Å². The molecule has 0 amide bonds. The Kier molecular flexibility index (Phi) is 5.77. The fraction of sp³-hybridized carbons (Fsp3) is 0. The van der Waals surface area contributed by atoms with Gasteiger partial charge in [0.05, 0.1) is 33.4 Å². The van der Waals surface area contributed by atoms with Crippen LogP contribution in [0.5, 0.6) is 0 Å². The molecule has 0 N–H and O–H groups in total. The zero-order chi connectivity index (χ0) is 34.6. The molecule has 246 valence electrons. The number of furan rings is 1. The number of aromatic nitrogens is 2. The van der Waals surface area contributed by atoms with Crippen molar-refractivity contribution in [3.05, 3.63) is 182 Å². The maximum absolute atomic E-state index is 6.54. The lowest BCUT2D eigenvalue weighted by molar-refractivity contribution is 0.666. The fourth-order valence-electron chi connectivity index (χ4n) is 8.93. The minimum Gasteiger partial charge on any atom is -0.454 e. The molecule has 0 aliphatic carbocycles. The van der Waals surface area contributed by atoms with Gasteiger partial charge in [-0.15, -0.1) is 0 Å². The van der Waals surface area contributed by atoms with E-state index in [-0.39, 0.29) is 0 Å². The molecular weight excluding hydrogens is 645 g/mol. The summed E-state index contributed by atoms with van der Waals surface area (Å²) in [5, 5.41) is 12.2. The first-order valence-corrected chi connectivity index (χ1v) is 18.2. The summed E-state index contributed by atoms with van der Waals surface area (Å²) in [6, 6.07) is 66.1. The Morgan fingerprint density at radius 1 is 0.321 bits per heavy atom. The number of hydrogen-bond donors (Lipinski definition) is 0. The van der Waals surface area contributed by atoms with Gasteiger partial charge in [-0.25, -0.2) is 0 Å². The Labute approximate surface area is 304 Å². The summed E-state index contributed by atoms with van der Waals surface area (Å²) in [6.45, 7) is 0. The minimum absolute atomic E-state index is 0.904. The Morgan fingerprint density at radius 2 is 0.887 bits per heavy atom. The molecule has 0 spiro atoms. The van der Waals surface area contributed by atoms with Crippen LogP contribution < -0.4 is 0 Å². The average Bonchev–Trinajstić information content (AvgIpc) is 3.88. The van der Waals surface area contributed by atoms with Crippen molar-refractivity contribution in [2.24, 2.45) is 0 Å². The van der Waals surface area contributed by atoms with Crippen molar-refractivity contribution in [1.82, 2.24) is 9.13 Å². The summed E-state index contributed by atoms with van der Waals surface area (Å²) >= 11 is 0. The Bertz CT molecular complexity index is 3460. The van der Waals surface area contributed by atoms with Crippen LogP contribution in [0.1, 0.15) is 0 Å². The molecule has 0 bridgehead atoms. The highest BCUT2D eigenvalue weighted by Gasteiger charge is 2.20. The average molecular weight is 675 g/mol. The molecule has 0 unspecified atom stereocenters. The van der Waals surface area contributed by atoms with E-state index in [0.717, 1.165) is 38.7 Å². The third-order valence-corrected chi connectivity index (χ3v) is 11.3. The van der Waals surface area contributed by atoms with Crippen LogP contribution in [-0.4, -0.2) is 9.13 Å². The van der Waals surface area contributed by atoms with Crippen molar-refractivity contribution in [2.75, 3.05) is 0 Å². The topological polar surface area (TPSA) is 23.0 Å². The van der Waals surface area contributed by atoms with Gasteiger partial charge in [0, 0.05) is 43.1 Å². The molecule has 3 nitrogen and oxygen atoms in total. The van der Waals surface area contributed by atoms with Gasteiger partial charge in [-0.3, -0.25) is 0 Å². The molecule has 3 heteroatoms. The maximum Gasteiger partial charge on any atom is 0.159 e. The third-order valence-electron chi connectivity index (χ3n) is 11.3. The van der Waals surface area contributed by atoms with E-state index in [4.69, 9.17) is 4.42 Å². The summed E-state index contributed by atoms with van der Waals surface area (Å²) in [7, 11) is 0. The largest absolute Gasteiger partial charge is 0.454 e. The maximum atomic E-state index is 6.54. The summed E-state index contributed by atoms with van der Waals surface area (Å²) in [4.78, 5) is 0. The van der Waals surface area contributed by atoms with Gasteiger partial charge in [0.1, 0.15) is 5.58 Å². The second-order valence-corrected chi connectivity index (χ2v) is 14.1. The van der Waals surface area contributed by atoms with Crippen LogP contribution in [0, 0.1) is 0 Å². The smallest absolute Gasteiger partial charge is 0.159 e. The van der Waals surface area contributed by atoms with Crippen LogP contribution in [0.15, 0.2) is 186 Å². The zero-order valence-electron chi connectivity index (χ0n) is 28.6. The van der Waals surface area contributed by atoms with Crippen molar-refractivity contribution in [2.45, 2.75) is 0 Å². The summed E-state index contributed by atoms with van der Waals surface area (Å²) in [5.74, 6) is 0. The minimum atomic E-state index is 0.904. The first kappa shape index (κ1) is 28.6. The molecule has 3 heterocycles. The van der Waals surface area contributed by atoms with Crippen molar-refractivity contribution in [1.29, 1.82) is 0 Å². The Hall–Kier alpha value is -7.10. The van der Waals surface area contributed by atoms with Crippen LogP contribution in [0.25, 0.3) is 110 Å². The van der Waals surface area contributed by atoms with Gasteiger partial charge in [0.15, 0.2) is 5.58 Å². The van der Waals surface area contributed by atoms with Gasteiger partial charge >= 0.3 is 0 Å². The molecule has 12 aromatic rings. The highest BCUT2D eigenvalue weighted by Crippen LogP contribution is 2.42. The lowest BCUT2D eigenvalue weighted by Gasteiger charge is -2.13. The van der Waals surface area contributed by atoms with E-state index in [1.165, 1.54) is 70.9 Å². The van der Waals surface area contributed by atoms with Crippen LogP contribution in [0.3, 0.4) is 0 Å². The molecule has 0 saturated heterocycles. The zero-order valence-corrected chi connectivity index (χ0v) is 28.6. The normalized spacial score (nSPS) is 12.2. The number of rotatable bonds is 3. The summed E-state index contributed by atoms with van der Waals surface area (Å²) in [6.07, 6.45) is 0. The molecule has 0 saturated carbocycles. The van der Waals surface area contributed by atoms with Gasteiger partial charge in [0.25, 0.3) is 0 Å². The number of benzene rings is 9. The van der Waals surface area contributed by atoms with Crippen molar-refractivity contribution < 1.29 is 4.42 Å². The molecule has 0 radical (unpaired) electrons. The number of fused-ring (bicyclic) bond motifs is 12. The predicted octanol–water partition coefficient (Wildman–Crippen LogP) is 13.8. The van der Waals surface area contributed by atoms with Gasteiger partial charge < -0.3 is 13.6 Å². The number of hydrogen-bond acceptors (Lipinski definition) is 1. The van der Waals surface area contributed by atoms with Crippen LogP contribution in [0.4, 0.5) is 0 Å². The number of para-hydroxylation sites is 3. The molecule has 0 fully saturated rings. The molecule has 0 aliphatic rings. The standard InChI is InChI=1S/C50H30N2O/c1-3-14-35-31(11-1)13-9-20-43(35)52-46-28-25-34(30-42(46)39-26-23-32-12-2-4-15-36(32)49(39)52)33-24-27-45-41(29-33)37-16-5-7-19-44(37)51(45)47-21-10-18-40-38-17-6-8-22-48(38)53-50(40)47/h1-30H. The van der Waals surface area contributed by atoms with Crippen molar-refractivity contribution >= 4 is 87.1 Å². The number of nitrogens with zero attached hydrogens (tertiary/aromatic N) is 2. The molecule has 53 heavy (non-hydrogen) atoms. The second-order valence-electron chi connectivity index (χ2n) is 14.1. The first-order chi connectivity index (χ1) is 26.3. The van der Waals surface area contributed by atoms with Crippen LogP contribution in [0.2, 0.25) is 0 Å². The van der Waals surface area contributed by atoms with Gasteiger partial charge in [-0.05, 0) is 70.4 Å². The predicted molar refractivity (Wildman–Crippen MR) is 223 cm³/mol. The molecule has 9 aromatic carbocycles. The summed E-state index contributed by atoms with van der Waals surface area (Å²) < 4.78 is 11.4. The molecule has 0 atom stereocenters. The lowest BCUT2D eigenvalue weighted by Crippen LogP contribution is -1.96. The van der Waals surface area contributed by atoms with E-state index < -0.39 is 0 Å². The van der Waals surface area contributed by atoms with Crippen LogP contribution in [-0.2, 0) is 0 Å². The quantitative estimate of drug-likeness (QED) is 0.183. The third kappa shape index (κ3) is 3.99. The first-order valence-electron chi connectivity index (χ1n) is 18.2.